The maximum atomic E-state index is 13.1. The number of aromatic nitrogens is 1. The van der Waals surface area contributed by atoms with Crippen LogP contribution in [-0.2, 0) is 4.79 Å². The summed E-state index contributed by atoms with van der Waals surface area (Å²) >= 11 is 0. The van der Waals surface area contributed by atoms with Crippen LogP contribution < -0.4 is 21.1 Å². The maximum absolute atomic E-state index is 13.1. The van der Waals surface area contributed by atoms with Crippen LogP contribution in [0.15, 0.2) is 73.1 Å². The number of carbonyl (C=O) groups is 2. The Hall–Kier alpha value is -5.25. The minimum absolute atomic E-state index is 0.129. The minimum atomic E-state index is -0.514. The van der Waals surface area contributed by atoms with Gasteiger partial charge in [0.25, 0.3) is 5.91 Å². The molecule has 2 heterocycles. The molecular weight excluding hydrogens is 486 g/mol. The van der Waals surface area contributed by atoms with E-state index in [1.54, 1.807) is 49.6 Å². The molecule has 1 aliphatic rings. The van der Waals surface area contributed by atoms with E-state index in [-0.39, 0.29) is 17.3 Å². The number of nitrogens with two attached hydrogens (primary N) is 1. The summed E-state index contributed by atoms with van der Waals surface area (Å²) in [5.41, 5.74) is 11.4. The van der Waals surface area contributed by atoms with Gasteiger partial charge in [-0.2, -0.15) is 0 Å². The van der Waals surface area contributed by atoms with Crippen LogP contribution in [0.25, 0.3) is 22.3 Å². The Bertz CT molecular complexity index is 1620. The van der Waals surface area contributed by atoms with Crippen LogP contribution in [0.5, 0.6) is 5.75 Å². The van der Waals surface area contributed by atoms with Crippen molar-refractivity contribution in [3.05, 3.63) is 94.3 Å². The van der Waals surface area contributed by atoms with E-state index in [9.17, 15) is 19.7 Å². The lowest BCUT2D eigenvalue weighted by Gasteiger charge is -2.15. The van der Waals surface area contributed by atoms with Crippen LogP contribution in [0.4, 0.5) is 22.7 Å². The molecule has 0 fully saturated rings. The molecule has 0 radical (unpaired) electrons. The molecule has 1 aromatic heterocycles. The van der Waals surface area contributed by atoms with Crippen molar-refractivity contribution < 1.29 is 19.2 Å². The van der Waals surface area contributed by atoms with Gasteiger partial charge in [0.1, 0.15) is 0 Å². The van der Waals surface area contributed by atoms with Gasteiger partial charge in [-0.15, -0.1) is 0 Å². The summed E-state index contributed by atoms with van der Waals surface area (Å²) in [5.74, 6) is -1.11. The van der Waals surface area contributed by atoms with Crippen molar-refractivity contribution in [3.8, 4) is 28.0 Å². The van der Waals surface area contributed by atoms with Gasteiger partial charge < -0.3 is 21.1 Å². The number of methoxy groups -OCH3 is 1. The number of fused-ring (bicyclic) bond motifs is 2. The first-order valence-electron chi connectivity index (χ1n) is 11.7. The first-order valence-corrected chi connectivity index (χ1v) is 11.7. The van der Waals surface area contributed by atoms with Crippen LogP contribution in [0, 0.1) is 10.1 Å². The van der Waals surface area contributed by atoms with Gasteiger partial charge >= 0.3 is 5.69 Å². The van der Waals surface area contributed by atoms with Crippen molar-refractivity contribution in [1.29, 1.82) is 0 Å². The highest BCUT2D eigenvalue weighted by molar-refractivity contribution is 6.13. The monoisotopic (exact) mass is 509 g/mol. The first-order chi connectivity index (χ1) is 18.3. The lowest BCUT2D eigenvalue weighted by Crippen LogP contribution is -2.19. The van der Waals surface area contributed by atoms with Crippen molar-refractivity contribution in [2.75, 3.05) is 17.7 Å². The van der Waals surface area contributed by atoms with Crippen molar-refractivity contribution in [3.63, 3.8) is 0 Å². The van der Waals surface area contributed by atoms with E-state index in [0.29, 0.717) is 28.2 Å². The standard InChI is InChI=1S/C28H23N5O5/c1-15(27(29)34)19-9-10-30-14-21(19)18-4-7-22-24(12-18)32-28(35)20-6-3-16(11-23(20)31-22)17-5-8-25(33(36)37)26(13-17)38-2/h3-15,31H,1-2H3,(H2,29,34)(H,32,35). The third kappa shape index (κ3) is 4.39. The number of nitro groups is 1. The molecule has 190 valence electrons. The number of rotatable bonds is 6. The van der Waals surface area contributed by atoms with Gasteiger partial charge in [0, 0.05) is 24.0 Å². The number of nitrogens with zero attached hydrogens (tertiary/aromatic N) is 2. The number of hydrogen-bond acceptors (Lipinski definition) is 7. The van der Waals surface area contributed by atoms with Crippen LogP contribution in [-0.4, -0.2) is 28.8 Å². The molecule has 2 amide bonds. The number of nitro benzene ring substituents is 1. The van der Waals surface area contributed by atoms with Crippen molar-refractivity contribution >= 4 is 34.6 Å². The molecule has 1 atom stereocenters. The van der Waals surface area contributed by atoms with Crippen molar-refractivity contribution in [1.82, 2.24) is 4.98 Å². The molecular formula is C28H23N5O5. The number of hydrogen-bond donors (Lipinski definition) is 3. The van der Waals surface area contributed by atoms with Crippen molar-refractivity contribution in [2.45, 2.75) is 12.8 Å². The molecule has 5 rings (SSSR count). The van der Waals surface area contributed by atoms with Crippen molar-refractivity contribution in [2.24, 2.45) is 5.73 Å². The second-order valence-corrected chi connectivity index (χ2v) is 8.83. The van der Waals surface area contributed by atoms with Gasteiger partial charge in [-0.25, -0.2) is 0 Å². The van der Waals surface area contributed by atoms with Gasteiger partial charge in [-0.3, -0.25) is 24.7 Å². The van der Waals surface area contributed by atoms with E-state index in [1.165, 1.54) is 13.2 Å². The molecule has 0 saturated heterocycles. The average Bonchev–Trinajstić information content (AvgIpc) is 3.06. The molecule has 1 unspecified atom stereocenters. The molecule has 4 N–H and O–H groups in total. The lowest BCUT2D eigenvalue weighted by molar-refractivity contribution is -0.385. The Morgan fingerprint density at radius 1 is 0.947 bits per heavy atom. The number of ether oxygens (including phenoxy) is 1. The van der Waals surface area contributed by atoms with Gasteiger partial charge in [0.05, 0.1) is 40.6 Å². The van der Waals surface area contributed by atoms with E-state index in [0.717, 1.165) is 22.3 Å². The van der Waals surface area contributed by atoms with Gasteiger partial charge in [-0.05, 0) is 71.6 Å². The molecule has 0 bridgehead atoms. The Morgan fingerprint density at radius 3 is 2.39 bits per heavy atom. The topological polar surface area (TPSA) is 149 Å². The predicted octanol–water partition coefficient (Wildman–Crippen LogP) is 5.23. The molecule has 0 aliphatic carbocycles. The Labute approximate surface area is 217 Å². The third-order valence-electron chi connectivity index (χ3n) is 6.57. The van der Waals surface area contributed by atoms with Gasteiger partial charge in [0.2, 0.25) is 5.91 Å². The van der Waals surface area contributed by atoms with E-state index in [2.05, 4.69) is 15.6 Å². The second-order valence-electron chi connectivity index (χ2n) is 8.83. The zero-order valence-corrected chi connectivity index (χ0v) is 20.5. The molecule has 1 aliphatic heterocycles. The number of pyridine rings is 1. The smallest absolute Gasteiger partial charge is 0.310 e. The van der Waals surface area contributed by atoms with Crippen LogP contribution in [0.2, 0.25) is 0 Å². The first kappa shape index (κ1) is 24.4. The Kier molecular flexibility index (Phi) is 6.21. The van der Waals surface area contributed by atoms with Gasteiger partial charge in [0.15, 0.2) is 5.75 Å². The molecule has 38 heavy (non-hydrogen) atoms. The molecule has 3 aromatic carbocycles. The number of nitrogens with one attached hydrogen (secondary N) is 2. The van der Waals surface area contributed by atoms with Gasteiger partial charge in [-0.1, -0.05) is 12.1 Å². The summed E-state index contributed by atoms with van der Waals surface area (Å²) in [6, 6.07) is 17.2. The molecule has 0 saturated carbocycles. The fraction of sp³-hybridized carbons (Fsp3) is 0.107. The normalized spacial score (nSPS) is 12.7. The SMILES string of the molecule is COc1cc(-c2ccc3c(c2)Nc2ccc(-c4cnccc4C(C)C(N)=O)cc2NC3=O)ccc1[N+](=O)[O-]. The fourth-order valence-electron chi connectivity index (χ4n) is 4.47. The summed E-state index contributed by atoms with van der Waals surface area (Å²) in [4.78, 5) is 39.9. The van der Waals surface area contributed by atoms with E-state index in [4.69, 9.17) is 10.5 Å². The predicted molar refractivity (Wildman–Crippen MR) is 144 cm³/mol. The number of anilines is 3. The minimum Gasteiger partial charge on any atom is -0.490 e. The van der Waals surface area contributed by atoms with Crippen LogP contribution in [0.3, 0.4) is 0 Å². The number of amides is 2. The zero-order chi connectivity index (χ0) is 27.0. The molecule has 0 spiro atoms. The lowest BCUT2D eigenvalue weighted by atomic mass is 9.92. The zero-order valence-electron chi connectivity index (χ0n) is 20.5. The Balaban J connectivity index is 1.52. The highest BCUT2D eigenvalue weighted by Crippen LogP contribution is 2.39. The quantitative estimate of drug-likeness (QED) is 0.238. The molecule has 10 nitrogen and oxygen atoms in total. The summed E-state index contributed by atoms with van der Waals surface area (Å²) < 4.78 is 5.20. The van der Waals surface area contributed by atoms with E-state index in [1.807, 2.05) is 24.3 Å². The average molecular weight is 510 g/mol. The molecule has 10 heteroatoms. The summed E-state index contributed by atoms with van der Waals surface area (Å²) in [7, 11) is 1.38. The van der Waals surface area contributed by atoms with E-state index >= 15 is 0 Å². The second kappa shape index (κ2) is 9.66. The number of benzene rings is 3. The third-order valence-corrected chi connectivity index (χ3v) is 6.57. The van der Waals surface area contributed by atoms with Crippen LogP contribution >= 0.6 is 0 Å². The largest absolute Gasteiger partial charge is 0.490 e. The number of carbonyl (C=O) groups excluding carboxylic acids is 2. The van der Waals surface area contributed by atoms with Crippen LogP contribution in [0.1, 0.15) is 28.8 Å². The number of primary amides is 1. The Morgan fingerprint density at radius 2 is 1.66 bits per heavy atom. The highest BCUT2D eigenvalue weighted by atomic mass is 16.6. The fourth-order valence-corrected chi connectivity index (χ4v) is 4.47. The summed E-state index contributed by atoms with van der Waals surface area (Å²) in [5, 5.41) is 17.5. The summed E-state index contributed by atoms with van der Waals surface area (Å²) in [6.07, 6.45) is 3.28. The highest BCUT2D eigenvalue weighted by Gasteiger charge is 2.23. The summed E-state index contributed by atoms with van der Waals surface area (Å²) in [6.45, 7) is 1.74. The molecule has 4 aromatic rings. The van der Waals surface area contributed by atoms with E-state index < -0.39 is 16.7 Å². The maximum Gasteiger partial charge on any atom is 0.310 e.